The van der Waals surface area contributed by atoms with Crippen molar-refractivity contribution < 1.29 is 4.74 Å². The minimum Gasteiger partial charge on any atom is -0.373 e. The van der Waals surface area contributed by atoms with Gasteiger partial charge in [-0.15, -0.1) is 11.3 Å². The predicted molar refractivity (Wildman–Crippen MR) is 83.4 cm³/mol. The van der Waals surface area contributed by atoms with Crippen molar-refractivity contribution in [1.29, 1.82) is 0 Å². The molecule has 1 saturated carbocycles. The summed E-state index contributed by atoms with van der Waals surface area (Å²) in [5.41, 5.74) is 1.28. The zero-order valence-electron chi connectivity index (χ0n) is 12.3. The van der Waals surface area contributed by atoms with Crippen LogP contribution in [0.15, 0.2) is 0 Å². The average Bonchev–Trinajstić information content (AvgIpc) is 3.18. The Morgan fingerprint density at radius 1 is 1.30 bits per heavy atom. The van der Waals surface area contributed by atoms with E-state index in [0.29, 0.717) is 6.61 Å². The molecule has 108 valence electrons. The van der Waals surface area contributed by atoms with E-state index in [9.17, 15) is 0 Å². The van der Waals surface area contributed by atoms with Crippen LogP contribution in [0.4, 0.5) is 5.82 Å². The first-order valence-electron chi connectivity index (χ1n) is 7.27. The van der Waals surface area contributed by atoms with Gasteiger partial charge >= 0.3 is 0 Å². The first-order chi connectivity index (χ1) is 9.69. The number of thiophene rings is 1. The Kier molecular flexibility index (Phi) is 3.89. The number of hydrogen-bond donors (Lipinski definition) is 1. The number of anilines is 1. The summed E-state index contributed by atoms with van der Waals surface area (Å²) >= 11 is 1.74. The highest BCUT2D eigenvalue weighted by atomic mass is 32.1. The maximum Gasteiger partial charge on any atom is 0.158 e. The molecule has 0 spiro atoms. The van der Waals surface area contributed by atoms with Crippen molar-refractivity contribution in [3.63, 3.8) is 0 Å². The molecule has 0 unspecified atom stereocenters. The highest BCUT2D eigenvalue weighted by Gasteiger charge is 2.21. The molecule has 4 nitrogen and oxygen atoms in total. The number of aryl methyl sites for hydroxylation is 2. The molecular weight excluding hydrogens is 270 g/mol. The molecule has 1 N–H and O–H groups in total. The summed E-state index contributed by atoms with van der Waals surface area (Å²) in [6, 6.07) is 0. The molecular formula is C15H21N3OS. The zero-order valence-corrected chi connectivity index (χ0v) is 13.1. The van der Waals surface area contributed by atoms with Gasteiger partial charge in [0.1, 0.15) is 17.3 Å². The zero-order chi connectivity index (χ0) is 14.1. The number of aromatic nitrogens is 2. The van der Waals surface area contributed by atoms with Crippen LogP contribution >= 0.6 is 11.3 Å². The lowest BCUT2D eigenvalue weighted by atomic mass is 10.2. The van der Waals surface area contributed by atoms with Crippen LogP contribution in [0.1, 0.15) is 36.0 Å². The van der Waals surface area contributed by atoms with Crippen LogP contribution in [0.5, 0.6) is 0 Å². The van der Waals surface area contributed by atoms with Crippen LogP contribution in [0.25, 0.3) is 10.2 Å². The van der Waals surface area contributed by atoms with Crippen molar-refractivity contribution in [2.24, 2.45) is 5.92 Å². The summed E-state index contributed by atoms with van der Waals surface area (Å²) in [5.74, 6) is 2.51. The molecule has 0 aromatic carbocycles. The molecule has 0 amide bonds. The molecule has 1 aliphatic carbocycles. The van der Waals surface area contributed by atoms with Crippen molar-refractivity contribution in [3.8, 4) is 0 Å². The molecule has 0 atom stereocenters. The molecule has 5 heteroatoms. The average molecular weight is 291 g/mol. The molecule has 2 aromatic heterocycles. The van der Waals surface area contributed by atoms with Crippen LogP contribution in [0.2, 0.25) is 0 Å². The van der Waals surface area contributed by atoms with E-state index in [0.717, 1.165) is 35.5 Å². The molecule has 20 heavy (non-hydrogen) atoms. The molecule has 1 aliphatic rings. The molecule has 2 aromatic rings. The van der Waals surface area contributed by atoms with E-state index in [4.69, 9.17) is 4.74 Å². The van der Waals surface area contributed by atoms with Gasteiger partial charge in [0.15, 0.2) is 5.82 Å². The predicted octanol–water partition coefficient (Wildman–Crippen LogP) is 3.67. The van der Waals surface area contributed by atoms with E-state index in [1.807, 2.05) is 0 Å². The van der Waals surface area contributed by atoms with E-state index < -0.39 is 0 Å². The lowest BCUT2D eigenvalue weighted by Gasteiger charge is -2.08. The molecule has 0 radical (unpaired) electrons. The van der Waals surface area contributed by atoms with Gasteiger partial charge in [-0.2, -0.15) is 0 Å². The molecule has 1 fully saturated rings. The highest BCUT2D eigenvalue weighted by Crippen LogP contribution is 2.33. The largest absolute Gasteiger partial charge is 0.373 e. The summed E-state index contributed by atoms with van der Waals surface area (Å²) in [6.07, 6.45) is 2.62. The van der Waals surface area contributed by atoms with Crippen LogP contribution in [-0.2, 0) is 11.3 Å². The smallest absolute Gasteiger partial charge is 0.158 e. The van der Waals surface area contributed by atoms with Crippen LogP contribution in [0, 0.1) is 19.8 Å². The number of hydrogen-bond acceptors (Lipinski definition) is 5. The lowest BCUT2D eigenvalue weighted by molar-refractivity contribution is 0.106. The monoisotopic (exact) mass is 291 g/mol. The van der Waals surface area contributed by atoms with Crippen LogP contribution < -0.4 is 5.32 Å². The summed E-state index contributed by atoms with van der Waals surface area (Å²) < 4.78 is 5.71. The fourth-order valence-corrected chi connectivity index (χ4v) is 3.30. The Hall–Kier alpha value is -1.20. The maximum atomic E-state index is 5.71. The summed E-state index contributed by atoms with van der Waals surface area (Å²) in [6.45, 7) is 8.60. The number of nitrogens with zero attached hydrogens (tertiary/aromatic N) is 2. The van der Waals surface area contributed by atoms with E-state index in [1.165, 1.54) is 28.7 Å². The Labute approximate surface area is 123 Å². The van der Waals surface area contributed by atoms with E-state index in [-0.39, 0.29) is 0 Å². The molecule has 3 rings (SSSR count). The van der Waals surface area contributed by atoms with E-state index in [1.54, 1.807) is 11.3 Å². The quantitative estimate of drug-likeness (QED) is 0.882. The van der Waals surface area contributed by atoms with Crippen molar-refractivity contribution in [2.75, 3.05) is 18.5 Å². The molecule has 0 bridgehead atoms. The third-order valence-corrected chi connectivity index (χ3v) is 4.80. The summed E-state index contributed by atoms with van der Waals surface area (Å²) in [4.78, 5) is 11.7. The van der Waals surface area contributed by atoms with Crippen molar-refractivity contribution in [3.05, 3.63) is 16.3 Å². The van der Waals surface area contributed by atoms with Gasteiger partial charge in [0.2, 0.25) is 0 Å². The second-order valence-corrected chi connectivity index (χ2v) is 6.64. The minimum atomic E-state index is 0.515. The van der Waals surface area contributed by atoms with E-state index in [2.05, 4.69) is 36.1 Å². The van der Waals surface area contributed by atoms with Crippen LogP contribution in [0.3, 0.4) is 0 Å². The Bertz CT molecular complexity index is 619. The van der Waals surface area contributed by atoms with Crippen LogP contribution in [-0.4, -0.2) is 23.1 Å². The summed E-state index contributed by atoms with van der Waals surface area (Å²) in [5, 5.41) is 4.52. The normalized spacial score (nSPS) is 14.9. The molecule has 0 saturated heterocycles. The van der Waals surface area contributed by atoms with Gasteiger partial charge in [0.25, 0.3) is 0 Å². The van der Waals surface area contributed by atoms with Gasteiger partial charge in [0, 0.05) is 18.0 Å². The minimum absolute atomic E-state index is 0.515. The fourth-order valence-electron chi connectivity index (χ4n) is 2.26. The first-order valence-corrected chi connectivity index (χ1v) is 8.09. The second kappa shape index (κ2) is 5.66. The number of rotatable bonds is 6. The third-order valence-electron chi connectivity index (χ3n) is 3.70. The van der Waals surface area contributed by atoms with Gasteiger partial charge in [-0.3, -0.25) is 0 Å². The van der Waals surface area contributed by atoms with E-state index >= 15 is 0 Å². The SMILES string of the molecule is CCNc1nc(COCC2CC2)nc2sc(C)c(C)c12. The Balaban J connectivity index is 1.88. The van der Waals surface area contributed by atoms with Gasteiger partial charge in [-0.05, 0) is 45.1 Å². The lowest BCUT2D eigenvalue weighted by Crippen LogP contribution is -2.06. The van der Waals surface area contributed by atoms with Crippen molar-refractivity contribution in [1.82, 2.24) is 9.97 Å². The van der Waals surface area contributed by atoms with Gasteiger partial charge in [0.05, 0.1) is 5.39 Å². The maximum absolute atomic E-state index is 5.71. The topological polar surface area (TPSA) is 47.0 Å². The van der Waals surface area contributed by atoms with Gasteiger partial charge in [-0.25, -0.2) is 9.97 Å². The van der Waals surface area contributed by atoms with Crippen molar-refractivity contribution >= 4 is 27.4 Å². The molecule has 2 heterocycles. The van der Waals surface area contributed by atoms with Gasteiger partial charge in [-0.1, -0.05) is 0 Å². The molecule has 0 aliphatic heterocycles. The van der Waals surface area contributed by atoms with Crippen molar-refractivity contribution in [2.45, 2.75) is 40.2 Å². The Morgan fingerprint density at radius 2 is 2.10 bits per heavy atom. The standard InChI is InChI=1S/C15H21N3OS/c1-4-16-14-13-9(2)10(3)20-15(13)18-12(17-14)8-19-7-11-5-6-11/h11H,4-8H2,1-3H3,(H,16,17,18). The fraction of sp³-hybridized carbons (Fsp3) is 0.600. The number of ether oxygens (including phenoxy) is 1. The van der Waals surface area contributed by atoms with Gasteiger partial charge < -0.3 is 10.1 Å². The third kappa shape index (κ3) is 2.79. The first kappa shape index (κ1) is 13.8. The summed E-state index contributed by atoms with van der Waals surface area (Å²) in [7, 11) is 0. The highest BCUT2D eigenvalue weighted by molar-refractivity contribution is 7.18. The number of nitrogens with one attached hydrogen (secondary N) is 1. The number of fused-ring (bicyclic) bond motifs is 1. The Morgan fingerprint density at radius 3 is 2.80 bits per heavy atom. The second-order valence-electron chi connectivity index (χ2n) is 5.44.